The van der Waals surface area contributed by atoms with Crippen molar-refractivity contribution in [2.75, 3.05) is 4.90 Å². The Bertz CT molecular complexity index is 924. The summed E-state index contributed by atoms with van der Waals surface area (Å²) in [5, 5.41) is 1.81. The summed E-state index contributed by atoms with van der Waals surface area (Å²) >= 11 is 0.799. The maximum absolute atomic E-state index is 13.2. The fourth-order valence-corrected chi connectivity index (χ4v) is 4.53. The monoisotopic (exact) mass is 340 g/mol. The van der Waals surface area contributed by atoms with E-state index >= 15 is 0 Å². The van der Waals surface area contributed by atoms with Gasteiger partial charge in [-0.1, -0.05) is 6.08 Å². The molecule has 1 N–H and O–H groups in total. The topological polar surface area (TPSA) is 66.5 Å². The van der Waals surface area contributed by atoms with Crippen molar-refractivity contribution < 1.29 is 14.4 Å². The fraction of sp³-hybridized carbons (Fsp3) is 0.278. The van der Waals surface area contributed by atoms with E-state index in [1.807, 2.05) is 33.8 Å². The van der Waals surface area contributed by atoms with Crippen molar-refractivity contribution in [3.63, 3.8) is 0 Å². The minimum atomic E-state index is -0.496. The molecule has 1 fully saturated rings. The second kappa shape index (κ2) is 4.60. The first-order chi connectivity index (χ1) is 11.2. The van der Waals surface area contributed by atoms with Crippen molar-refractivity contribution in [3.05, 3.63) is 39.8 Å². The van der Waals surface area contributed by atoms with Crippen molar-refractivity contribution in [1.82, 2.24) is 5.32 Å². The number of imide groups is 1. The van der Waals surface area contributed by atoms with Gasteiger partial charge in [-0.25, -0.2) is 0 Å². The first kappa shape index (κ1) is 15.2. The summed E-state index contributed by atoms with van der Waals surface area (Å²) in [6, 6.07) is 3.98. The van der Waals surface area contributed by atoms with E-state index in [0.717, 1.165) is 39.7 Å². The van der Waals surface area contributed by atoms with E-state index < -0.39 is 16.7 Å². The third-order valence-corrected chi connectivity index (χ3v) is 5.46. The maximum atomic E-state index is 13.2. The van der Waals surface area contributed by atoms with Crippen LogP contribution in [0.1, 0.15) is 37.5 Å². The van der Waals surface area contributed by atoms with Gasteiger partial charge in [0.1, 0.15) is 0 Å². The molecular weight excluding hydrogens is 324 g/mol. The van der Waals surface area contributed by atoms with E-state index in [2.05, 4.69) is 17.5 Å². The third kappa shape index (κ3) is 1.86. The number of hydrogen-bond donors (Lipinski definition) is 1. The summed E-state index contributed by atoms with van der Waals surface area (Å²) in [4.78, 5) is 38.8. The molecule has 6 heteroatoms. The highest BCUT2D eigenvalue weighted by atomic mass is 32.2. The van der Waals surface area contributed by atoms with Crippen LogP contribution < -0.4 is 10.2 Å². The van der Waals surface area contributed by atoms with E-state index in [1.54, 1.807) is 4.90 Å². The van der Waals surface area contributed by atoms with Gasteiger partial charge < -0.3 is 0 Å². The Morgan fingerprint density at radius 3 is 2.38 bits per heavy atom. The van der Waals surface area contributed by atoms with Crippen LogP contribution in [0.3, 0.4) is 0 Å². The average molecular weight is 340 g/mol. The van der Waals surface area contributed by atoms with Gasteiger partial charge in [0, 0.05) is 11.1 Å². The van der Waals surface area contributed by atoms with Crippen LogP contribution in [0.25, 0.3) is 11.1 Å². The molecule has 1 aromatic carbocycles. The Hall–Kier alpha value is -2.34. The number of carbonyl (C=O) groups is 3. The second-order valence-electron chi connectivity index (χ2n) is 6.88. The van der Waals surface area contributed by atoms with Gasteiger partial charge in [0.05, 0.1) is 21.7 Å². The lowest BCUT2D eigenvalue weighted by atomic mass is 9.88. The summed E-state index contributed by atoms with van der Waals surface area (Å²) in [7, 11) is 0. The molecule has 0 bridgehead atoms. The molecule has 0 aromatic heterocycles. The lowest BCUT2D eigenvalue weighted by Crippen LogP contribution is -2.46. The number of nitrogens with one attached hydrogen (secondary N) is 1. The Morgan fingerprint density at radius 2 is 1.75 bits per heavy atom. The van der Waals surface area contributed by atoms with Crippen LogP contribution in [0.15, 0.2) is 23.1 Å². The van der Waals surface area contributed by atoms with Crippen molar-refractivity contribution in [3.8, 4) is 0 Å². The summed E-state index contributed by atoms with van der Waals surface area (Å²) < 4.78 is 0. The van der Waals surface area contributed by atoms with Crippen LogP contribution in [0.4, 0.5) is 10.5 Å². The number of amides is 3. The highest BCUT2D eigenvalue weighted by molar-refractivity contribution is 8.18. The third-order valence-electron chi connectivity index (χ3n) is 4.58. The Labute approximate surface area is 143 Å². The molecule has 5 nitrogen and oxygen atoms in total. The normalized spacial score (nSPS) is 24.2. The van der Waals surface area contributed by atoms with Crippen LogP contribution in [0, 0.1) is 6.92 Å². The molecule has 3 amide bonds. The zero-order valence-electron chi connectivity index (χ0n) is 13.8. The van der Waals surface area contributed by atoms with E-state index in [4.69, 9.17) is 0 Å². The summed E-state index contributed by atoms with van der Waals surface area (Å²) in [5.41, 5.74) is 4.54. The number of anilines is 1. The predicted octanol–water partition coefficient (Wildman–Crippen LogP) is 3.23. The van der Waals surface area contributed by atoms with E-state index in [9.17, 15) is 14.4 Å². The molecule has 1 saturated heterocycles. The number of hydrogen-bond acceptors (Lipinski definition) is 4. The number of benzene rings is 1. The van der Waals surface area contributed by atoms with Gasteiger partial charge in [0.2, 0.25) is 0 Å². The number of aryl methyl sites for hydroxylation is 1. The molecule has 3 heterocycles. The van der Waals surface area contributed by atoms with Crippen molar-refractivity contribution in [2.45, 2.75) is 33.2 Å². The van der Waals surface area contributed by atoms with Crippen LogP contribution in [-0.4, -0.2) is 22.6 Å². The molecule has 0 radical (unpaired) electrons. The Morgan fingerprint density at radius 1 is 1.08 bits per heavy atom. The first-order valence-corrected chi connectivity index (χ1v) is 8.49. The SMILES string of the molecule is CC1=CC(C)(C)N2C(=O)C(=C3SC(=O)NC3=O)c3cc(C)cc1c32. The number of nitrogens with zero attached hydrogens (tertiary/aromatic N) is 1. The van der Waals surface area contributed by atoms with E-state index in [1.165, 1.54) is 0 Å². The molecule has 3 aliphatic heterocycles. The average Bonchev–Trinajstić information content (AvgIpc) is 2.92. The zero-order valence-corrected chi connectivity index (χ0v) is 14.6. The van der Waals surface area contributed by atoms with Crippen LogP contribution in [-0.2, 0) is 9.59 Å². The molecule has 3 aliphatic rings. The van der Waals surface area contributed by atoms with Gasteiger partial charge in [0.25, 0.3) is 17.1 Å². The smallest absolute Gasteiger partial charge is 0.290 e. The number of thioether (sulfide) groups is 1. The standard InChI is InChI=1S/C18H16N2O3S/c1-8-5-10-9(2)7-18(3,4)20-13(10)11(6-8)12(16(20)22)14-15(21)19-17(23)24-14/h5-7H,1-4H3,(H,19,21,23). The first-order valence-electron chi connectivity index (χ1n) is 7.67. The van der Waals surface area contributed by atoms with Gasteiger partial charge in [0.15, 0.2) is 0 Å². The molecule has 24 heavy (non-hydrogen) atoms. The Kier molecular flexibility index (Phi) is 2.91. The minimum absolute atomic E-state index is 0.195. The quantitative estimate of drug-likeness (QED) is 0.736. The van der Waals surface area contributed by atoms with Crippen LogP contribution >= 0.6 is 11.8 Å². The summed E-state index contributed by atoms with van der Waals surface area (Å²) in [5.74, 6) is -0.719. The molecule has 4 rings (SSSR count). The van der Waals surface area contributed by atoms with Gasteiger partial charge >= 0.3 is 0 Å². The molecular formula is C18H16N2O3S. The summed E-state index contributed by atoms with van der Waals surface area (Å²) in [6.07, 6.45) is 2.07. The lowest BCUT2D eigenvalue weighted by molar-refractivity contribution is -0.116. The fourth-order valence-electron chi connectivity index (χ4n) is 3.76. The van der Waals surface area contributed by atoms with Gasteiger partial charge in [-0.15, -0.1) is 0 Å². The number of carbonyl (C=O) groups excluding carboxylic acids is 3. The van der Waals surface area contributed by atoms with Crippen molar-refractivity contribution in [2.24, 2.45) is 0 Å². The van der Waals surface area contributed by atoms with Gasteiger partial charge in [-0.2, -0.15) is 0 Å². The molecule has 1 aromatic rings. The molecule has 122 valence electrons. The Balaban J connectivity index is 2.08. The molecule has 0 unspecified atom stereocenters. The summed E-state index contributed by atoms with van der Waals surface area (Å²) in [6.45, 7) is 7.94. The largest absolute Gasteiger partial charge is 0.298 e. The molecule has 0 aliphatic carbocycles. The van der Waals surface area contributed by atoms with Crippen molar-refractivity contribution >= 4 is 45.6 Å². The highest BCUT2D eigenvalue weighted by Gasteiger charge is 2.47. The lowest BCUT2D eigenvalue weighted by Gasteiger charge is -2.38. The second-order valence-corrected chi connectivity index (χ2v) is 7.86. The molecule has 0 spiro atoms. The van der Waals surface area contributed by atoms with Crippen LogP contribution in [0.2, 0.25) is 0 Å². The zero-order chi connectivity index (χ0) is 17.4. The highest BCUT2D eigenvalue weighted by Crippen LogP contribution is 2.51. The van der Waals surface area contributed by atoms with Gasteiger partial charge in [-0.05, 0) is 62.7 Å². The van der Waals surface area contributed by atoms with E-state index in [-0.39, 0.29) is 10.8 Å². The number of allylic oxidation sites excluding steroid dienone is 1. The number of rotatable bonds is 0. The van der Waals surface area contributed by atoms with Gasteiger partial charge in [-0.3, -0.25) is 24.6 Å². The molecule has 0 saturated carbocycles. The maximum Gasteiger partial charge on any atom is 0.290 e. The minimum Gasteiger partial charge on any atom is -0.298 e. The predicted molar refractivity (Wildman–Crippen MR) is 94.4 cm³/mol. The molecule has 0 atom stereocenters. The van der Waals surface area contributed by atoms with E-state index in [0.29, 0.717) is 5.57 Å². The van der Waals surface area contributed by atoms with Crippen LogP contribution in [0.5, 0.6) is 0 Å². The van der Waals surface area contributed by atoms with Crippen molar-refractivity contribution in [1.29, 1.82) is 0 Å².